The standard InChI is InChI=1S/C14H12O2/c1-2-14-7-5-11(16-14)10-4-3-9-6-8-15-13(9)12(10)14/h3-8,11H,2H2,1H3. The van der Waals surface area contributed by atoms with Gasteiger partial charge in [-0.3, -0.25) is 0 Å². The highest BCUT2D eigenvalue weighted by molar-refractivity contribution is 5.84. The first-order valence-corrected chi connectivity index (χ1v) is 5.72. The van der Waals surface area contributed by atoms with E-state index in [4.69, 9.17) is 9.15 Å². The maximum atomic E-state index is 6.09. The SMILES string of the molecule is CCC12C=CC(O1)c1ccc3ccoc3c12. The molecule has 0 radical (unpaired) electrons. The Morgan fingerprint density at radius 2 is 2.25 bits per heavy atom. The van der Waals surface area contributed by atoms with E-state index in [2.05, 4.69) is 31.2 Å². The molecule has 0 saturated heterocycles. The number of furan rings is 1. The minimum atomic E-state index is -0.239. The lowest BCUT2D eigenvalue weighted by molar-refractivity contribution is -0.00493. The number of ether oxygens (including phenoxy) is 1. The molecule has 2 aliphatic heterocycles. The molecule has 2 unspecified atom stereocenters. The zero-order chi connectivity index (χ0) is 10.8. The van der Waals surface area contributed by atoms with Crippen LogP contribution >= 0.6 is 0 Å². The van der Waals surface area contributed by atoms with Crippen molar-refractivity contribution in [1.29, 1.82) is 0 Å². The van der Waals surface area contributed by atoms with Crippen LogP contribution in [-0.2, 0) is 10.3 Å². The molecule has 0 amide bonds. The Morgan fingerprint density at radius 1 is 1.31 bits per heavy atom. The van der Waals surface area contributed by atoms with E-state index in [1.54, 1.807) is 6.26 Å². The van der Waals surface area contributed by atoms with Crippen molar-refractivity contribution in [3.63, 3.8) is 0 Å². The monoisotopic (exact) mass is 212 g/mol. The second-order valence-electron chi connectivity index (χ2n) is 4.51. The van der Waals surface area contributed by atoms with Crippen molar-refractivity contribution in [3.05, 3.63) is 47.7 Å². The Kier molecular flexibility index (Phi) is 1.39. The Morgan fingerprint density at radius 3 is 3.12 bits per heavy atom. The van der Waals surface area contributed by atoms with Crippen molar-refractivity contribution in [3.8, 4) is 0 Å². The lowest BCUT2D eigenvalue weighted by Gasteiger charge is -2.22. The van der Waals surface area contributed by atoms with Gasteiger partial charge < -0.3 is 9.15 Å². The first-order valence-electron chi connectivity index (χ1n) is 5.72. The summed E-state index contributed by atoms with van der Waals surface area (Å²) in [6.07, 6.45) is 7.17. The number of rotatable bonds is 1. The minimum Gasteiger partial charge on any atom is -0.464 e. The molecular formula is C14H12O2. The fourth-order valence-corrected chi connectivity index (χ4v) is 2.96. The van der Waals surface area contributed by atoms with E-state index in [0.29, 0.717) is 0 Å². The average molecular weight is 212 g/mol. The van der Waals surface area contributed by atoms with Crippen LogP contribution < -0.4 is 0 Å². The van der Waals surface area contributed by atoms with Gasteiger partial charge in [0.25, 0.3) is 0 Å². The molecule has 16 heavy (non-hydrogen) atoms. The van der Waals surface area contributed by atoms with Crippen LogP contribution in [0.2, 0.25) is 0 Å². The Labute approximate surface area is 93.5 Å². The Balaban J connectivity index is 2.14. The second kappa shape index (κ2) is 2.58. The second-order valence-corrected chi connectivity index (χ2v) is 4.51. The quantitative estimate of drug-likeness (QED) is 0.673. The molecule has 80 valence electrons. The van der Waals surface area contributed by atoms with Crippen molar-refractivity contribution < 1.29 is 9.15 Å². The highest BCUT2D eigenvalue weighted by Crippen LogP contribution is 2.54. The van der Waals surface area contributed by atoms with Crippen LogP contribution in [0.3, 0.4) is 0 Å². The van der Waals surface area contributed by atoms with Crippen LogP contribution in [-0.4, -0.2) is 0 Å². The molecule has 1 aromatic heterocycles. The summed E-state index contributed by atoms with van der Waals surface area (Å²) >= 11 is 0. The zero-order valence-electron chi connectivity index (χ0n) is 9.07. The molecule has 1 aromatic carbocycles. The molecule has 0 fully saturated rings. The molecule has 0 saturated carbocycles. The molecule has 3 heterocycles. The largest absolute Gasteiger partial charge is 0.464 e. The van der Waals surface area contributed by atoms with Gasteiger partial charge in [0.1, 0.15) is 17.3 Å². The van der Waals surface area contributed by atoms with Gasteiger partial charge in [-0.05, 0) is 24.1 Å². The number of fused-ring (bicyclic) bond motifs is 7. The molecule has 2 aromatic rings. The summed E-state index contributed by atoms with van der Waals surface area (Å²) in [5, 5.41) is 1.16. The molecule has 4 rings (SSSR count). The summed E-state index contributed by atoms with van der Waals surface area (Å²) in [6.45, 7) is 2.16. The molecular weight excluding hydrogens is 200 g/mol. The van der Waals surface area contributed by atoms with E-state index < -0.39 is 0 Å². The van der Waals surface area contributed by atoms with Gasteiger partial charge in [0.05, 0.1) is 6.26 Å². The van der Waals surface area contributed by atoms with Crippen molar-refractivity contribution >= 4 is 11.0 Å². The van der Waals surface area contributed by atoms with E-state index in [0.717, 1.165) is 17.4 Å². The van der Waals surface area contributed by atoms with Crippen LogP contribution in [0.4, 0.5) is 0 Å². The molecule has 0 aliphatic carbocycles. The molecule has 2 atom stereocenters. The Bertz CT molecular complexity index is 608. The fraction of sp³-hybridized carbons (Fsp3) is 0.286. The van der Waals surface area contributed by atoms with Gasteiger partial charge in [-0.25, -0.2) is 0 Å². The van der Waals surface area contributed by atoms with Crippen LogP contribution in [0.1, 0.15) is 30.6 Å². The van der Waals surface area contributed by atoms with E-state index in [9.17, 15) is 0 Å². The molecule has 2 aliphatic rings. The summed E-state index contributed by atoms with van der Waals surface area (Å²) < 4.78 is 11.7. The van der Waals surface area contributed by atoms with Gasteiger partial charge in [-0.2, -0.15) is 0 Å². The minimum absolute atomic E-state index is 0.129. The van der Waals surface area contributed by atoms with Crippen LogP contribution in [0, 0.1) is 0 Å². The highest BCUT2D eigenvalue weighted by atomic mass is 16.5. The third kappa shape index (κ3) is 0.792. The highest BCUT2D eigenvalue weighted by Gasteiger charge is 2.47. The number of hydrogen-bond acceptors (Lipinski definition) is 2. The summed E-state index contributed by atoms with van der Waals surface area (Å²) in [5.41, 5.74) is 3.26. The summed E-state index contributed by atoms with van der Waals surface area (Å²) in [7, 11) is 0. The number of benzene rings is 1. The van der Waals surface area contributed by atoms with Crippen molar-refractivity contribution in [2.24, 2.45) is 0 Å². The van der Waals surface area contributed by atoms with E-state index >= 15 is 0 Å². The van der Waals surface area contributed by atoms with Gasteiger partial charge in [-0.1, -0.05) is 25.1 Å². The van der Waals surface area contributed by atoms with Gasteiger partial charge in [0.2, 0.25) is 0 Å². The van der Waals surface area contributed by atoms with Gasteiger partial charge in [0.15, 0.2) is 0 Å². The first-order chi connectivity index (χ1) is 7.84. The maximum Gasteiger partial charge on any atom is 0.140 e. The van der Waals surface area contributed by atoms with Crippen molar-refractivity contribution in [2.45, 2.75) is 25.0 Å². The van der Waals surface area contributed by atoms with Gasteiger partial charge in [-0.15, -0.1) is 0 Å². The van der Waals surface area contributed by atoms with E-state index in [1.807, 2.05) is 6.07 Å². The lowest BCUT2D eigenvalue weighted by Crippen LogP contribution is -2.19. The molecule has 2 bridgehead atoms. The normalized spacial score (nSPS) is 30.2. The molecule has 2 heteroatoms. The third-order valence-corrected chi connectivity index (χ3v) is 3.79. The topological polar surface area (TPSA) is 22.4 Å². The molecule has 0 spiro atoms. The van der Waals surface area contributed by atoms with Gasteiger partial charge >= 0.3 is 0 Å². The fourth-order valence-electron chi connectivity index (χ4n) is 2.96. The number of hydrogen-bond donors (Lipinski definition) is 0. The summed E-state index contributed by atoms with van der Waals surface area (Å²) in [5.74, 6) is 0. The predicted octanol–water partition coefficient (Wildman–Crippen LogP) is 3.68. The predicted molar refractivity (Wildman–Crippen MR) is 61.1 cm³/mol. The lowest BCUT2D eigenvalue weighted by atomic mass is 9.84. The molecule has 2 nitrogen and oxygen atoms in total. The van der Waals surface area contributed by atoms with E-state index in [-0.39, 0.29) is 11.7 Å². The maximum absolute atomic E-state index is 6.09. The smallest absolute Gasteiger partial charge is 0.140 e. The van der Waals surface area contributed by atoms with E-state index in [1.165, 1.54) is 11.1 Å². The Hall–Kier alpha value is -1.54. The first kappa shape index (κ1) is 8.59. The molecule has 0 N–H and O–H groups in total. The van der Waals surface area contributed by atoms with Crippen molar-refractivity contribution in [1.82, 2.24) is 0 Å². The van der Waals surface area contributed by atoms with Crippen LogP contribution in [0.25, 0.3) is 11.0 Å². The van der Waals surface area contributed by atoms with Gasteiger partial charge in [0, 0.05) is 10.9 Å². The summed E-state index contributed by atoms with van der Waals surface area (Å²) in [4.78, 5) is 0. The zero-order valence-corrected chi connectivity index (χ0v) is 9.07. The van der Waals surface area contributed by atoms with Crippen molar-refractivity contribution in [2.75, 3.05) is 0 Å². The van der Waals surface area contributed by atoms with Crippen LogP contribution in [0.15, 0.2) is 41.0 Å². The third-order valence-electron chi connectivity index (χ3n) is 3.79. The average Bonchev–Trinajstić information content (AvgIpc) is 3.01. The van der Waals surface area contributed by atoms with Crippen LogP contribution in [0.5, 0.6) is 0 Å². The summed E-state index contributed by atoms with van der Waals surface area (Å²) in [6, 6.07) is 6.28.